The summed E-state index contributed by atoms with van der Waals surface area (Å²) in [6.45, 7) is 1.94. The van der Waals surface area contributed by atoms with E-state index in [2.05, 4.69) is 0 Å². The fraction of sp³-hybridized carbons (Fsp3) is 0.533. The van der Waals surface area contributed by atoms with Gasteiger partial charge < -0.3 is 10.2 Å². The molecule has 0 aromatic heterocycles. The highest BCUT2D eigenvalue weighted by Gasteiger charge is 2.52. The molecule has 2 unspecified atom stereocenters. The van der Waals surface area contributed by atoms with Crippen LogP contribution in [0, 0.1) is 11.8 Å². The Hall–Kier alpha value is -1.06. The van der Waals surface area contributed by atoms with Gasteiger partial charge in [0.25, 0.3) is 0 Å². The van der Waals surface area contributed by atoms with Gasteiger partial charge in [0.1, 0.15) is 5.60 Å². The van der Waals surface area contributed by atoms with Crippen LogP contribution in [0.3, 0.4) is 0 Å². The number of hydrogen-bond acceptors (Lipinski definition) is 2. The van der Waals surface area contributed by atoms with Crippen LogP contribution in [0.2, 0.25) is 5.02 Å². The smallest absolute Gasteiger partial charge is 0.309 e. The van der Waals surface area contributed by atoms with E-state index in [9.17, 15) is 15.0 Å². The molecular formula is C15H19ClO3. The molecular weight excluding hydrogens is 264 g/mol. The Bertz CT molecular complexity index is 453. The predicted octanol–water partition coefficient (Wildman–Crippen LogP) is 3.44. The topological polar surface area (TPSA) is 57.5 Å². The van der Waals surface area contributed by atoms with Gasteiger partial charge in [0.15, 0.2) is 0 Å². The molecule has 4 heteroatoms. The van der Waals surface area contributed by atoms with Crippen LogP contribution >= 0.6 is 11.6 Å². The van der Waals surface area contributed by atoms with Crippen molar-refractivity contribution < 1.29 is 15.0 Å². The second-order valence-electron chi connectivity index (χ2n) is 5.29. The second kappa shape index (κ2) is 5.51. The van der Waals surface area contributed by atoms with E-state index in [-0.39, 0.29) is 5.92 Å². The summed E-state index contributed by atoms with van der Waals surface area (Å²) in [5.41, 5.74) is -0.604. The molecule has 1 aromatic rings. The maximum absolute atomic E-state index is 11.5. The molecule has 0 spiro atoms. The maximum atomic E-state index is 11.5. The first-order valence-corrected chi connectivity index (χ1v) is 7.09. The zero-order valence-corrected chi connectivity index (χ0v) is 11.7. The summed E-state index contributed by atoms with van der Waals surface area (Å²) in [4.78, 5) is 11.5. The summed E-state index contributed by atoms with van der Waals surface area (Å²) < 4.78 is 0. The molecule has 0 aliphatic heterocycles. The van der Waals surface area contributed by atoms with E-state index in [1.807, 2.05) is 6.92 Å². The number of benzene rings is 1. The van der Waals surface area contributed by atoms with Gasteiger partial charge in [-0.2, -0.15) is 0 Å². The zero-order chi connectivity index (χ0) is 14.0. The minimum atomic E-state index is -1.27. The zero-order valence-electron chi connectivity index (χ0n) is 11.0. The van der Waals surface area contributed by atoms with Gasteiger partial charge in [-0.25, -0.2) is 0 Å². The molecule has 3 nitrogen and oxygen atoms in total. The van der Waals surface area contributed by atoms with Crippen LogP contribution in [0.4, 0.5) is 0 Å². The lowest BCUT2D eigenvalue weighted by Gasteiger charge is -2.34. The lowest BCUT2D eigenvalue weighted by atomic mass is 9.75. The van der Waals surface area contributed by atoms with Crippen molar-refractivity contribution in [3.63, 3.8) is 0 Å². The van der Waals surface area contributed by atoms with E-state index in [4.69, 9.17) is 11.6 Å². The summed E-state index contributed by atoms with van der Waals surface area (Å²) in [5.74, 6) is -1.64. The number of carboxylic acid groups (broad SMARTS) is 1. The van der Waals surface area contributed by atoms with Gasteiger partial charge in [-0.3, -0.25) is 4.79 Å². The number of aliphatic carboxylic acids is 1. The van der Waals surface area contributed by atoms with E-state index < -0.39 is 17.5 Å². The molecule has 0 saturated heterocycles. The predicted molar refractivity (Wildman–Crippen MR) is 74.1 cm³/mol. The third-order valence-electron chi connectivity index (χ3n) is 3.91. The van der Waals surface area contributed by atoms with Crippen molar-refractivity contribution in [3.05, 3.63) is 34.9 Å². The van der Waals surface area contributed by atoms with Crippen LogP contribution in [0.1, 0.15) is 38.2 Å². The normalized spacial score (nSPS) is 19.7. The fourth-order valence-corrected chi connectivity index (χ4v) is 2.91. The first-order chi connectivity index (χ1) is 9.00. The first kappa shape index (κ1) is 14.4. The number of carbonyl (C=O) groups is 1. The highest BCUT2D eigenvalue weighted by molar-refractivity contribution is 6.30. The standard InChI is InChI=1S/C15H19ClO3/c1-2-3-13(14(17)18)15(19,10-4-5-10)11-6-8-12(16)9-7-11/h6-10,13,19H,2-5H2,1H3,(H,17,18). The summed E-state index contributed by atoms with van der Waals surface area (Å²) in [5, 5.41) is 21.1. The minimum absolute atomic E-state index is 0.0429. The summed E-state index contributed by atoms with van der Waals surface area (Å²) in [6.07, 6.45) is 2.98. The van der Waals surface area contributed by atoms with E-state index in [0.717, 1.165) is 19.3 Å². The molecule has 2 N–H and O–H groups in total. The lowest BCUT2D eigenvalue weighted by molar-refractivity contribution is -0.156. The second-order valence-corrected chi connectivity index (χ2v) is 5.72. The van der Waals surface area contributed by atoms with Crippen molar-refractivity contribution in [2.45, 2.75) is 38.2 Å². The Morgan fingerprint density at radius 3 is 2.42 bits per heavy atom. The highest BCUT2D eigenvalue weighted by atomic mass is 35.5. The van der Waals surface area contributed by atoms with Crippen molar-refractivity contribution >= 4 is 17.6 Å². The number of rotatable bonds is 6. The fourth-order valence-electron chi connectivity index (χ4n) is 2.78. The van der Waals surface area contributed by atoms with Crippen LogP contribution in [0.15, 0.2) is 24.3 Å². The third-order valence-corrected chi connectivity index (χ3v) is 4.17. The van der Waals surface area contributed by atoms with Crippen molar-refractivity contribution in [2.75, 3.05) is 0 Å². The van der Waals surface area contributed by atoms with Crippen molar-refractivity contribution in [2.24, 2.45) is 11.8 Å². The van der Waals surface area contributed by atoms with Gasteiger partial charge >= 0.3 is 5.97 Å². The number of hydrogen-bond donors (Lipinski definition) is 2. The maximum Gasteiger partial charge on any atom is 0.309 e. The Morgan fingerprint density at radius 1 is 1.42 bits per heavy atom. The van der Waals surface area contributed by atoms with Gasteiger partial charge in [0, 0.05) is 5.02 Å². The Balaban J connectivity index is 2.41. The molecule has 104 valence electrons. The van der Waals surface area contributed by atoms with Gasteiger partial charge in [-0.1, -0.05) is 37.1 Å². The molecule has 0 bridgehead atoms. The number of carboxylic acids is 1. The average molecular weight is 283 g/mol. The first-order valence-electron chi connectivity index (χ1n) is 6.71. The quantitative estimate of drug-likeness (QED) is 0.840. The highest BCUT2D eigenvalue weighted by Crippen LogP contribution is 2.51. The van der Waals surface area contributed by atoms with Crippen LogP contribution < -0.4 is 0 Å². The minimum Gasteiger partial charge on any atom is -0.481 e. The SMILES string of the molecule is CCCC(C(=O)O)C(O)(c1ccc(Cl)cc1)C1CC1. The third kappa shape index (κ3) is 2.77. The average Bonchev–Trinajstić information content (AvgIpc) is 3.20. The van der Waals surface area contributed by atoms with E-state index in [0.29, 0.717) is 17.0 Å². The molecule has 0 heterocycles. The largest absolute Gasteiger partial charge is 0.481 e. The molecule has 19 heavy (non-hydrogen) atoms. The Morgan fingerprint density at radius 2 is 2.00 bits per heavy atom. The van der Waals surface area contributed by atoms with E-state index >= 15 is 0 Å². The van der Waals surface area contributed by atoms with Crippen molar-refractivity contribution in [1.29, 1.82) is 0 Å². The van der Waals surface area contributed by atoms with Gasteiger partial charge in [0.05, 0.1) is 5.92 Å². The molecule has 2 rings (SSSR count). The van der Waals surface area contributed by atoms with Crippen molar-refractivity contribution in [1.82, 2.24) is 0 Å². The Kier molecular flexibility index (Phi) is 4.16. The molecule has 0 amide bonds. The summed E-state index contributed by atoms with van der Waals surface area (Å²) >= 11 is 5.86. The van der Waals surface area contributed by atoms with Gasteiger partial charge in [-0.15, -0.1) is 0 Å². The van der Waals surface area contributed by atoms with E-state index in [1.54, 1.807) is 24.3 Å². The van der Waals surface area contributed by atoms with Crippen molar-refractivity contribution in [3.8, 4) is 0 Å². The monoisotopic (exact) mass is 282 g/mol. The van der Waals surface area contributed by atoms with Crippen LogP contribution in [-0.4, -0.2) is 16.2 Å². The molecule has 1 fully saturated rings. The number of halogens is 1. The molecule has 0 radical (unpaired) electrons. The molecule has 1 saturated carbocycles. The van der Waals surface area contributed by atoms with Crippen LogP contribution in [-0.2, 0) is 10.4 Å². The Labute approximate surface area is 118 Å². The molecule has 1 aliphatic rings. The number of aliphatic hydroxyl groups is 1. The molecule has 1 aliphatic carbocycles. The van der Waals surface area contributed by atoms with Crippen LogP contribution in [0.25, 0.3) is 0 Å². The summed E-state index contributed by atoms with van der Waals surface area (Å²) in [6, 6.07) is 6.89. The van der Waals surface area contributed by atoms with Crippen LogP contribution in [0.5, 0.6) is 0 Å². The molecule has 1 aromatic carbocycles. The van der Waals surface area contributed by atoms with Gasteiger partial charge in [0.2, 0.25) is 0 Å². The van der Waals surface area contributed by atoms with Gasteiger partial charge in [-0.05, 0) is 42.9 Å². The lowest BCUT2D eigenvalue weighted by Crippen LogP contribution is -2.42. The van der Waals surface area contributed by atoms with E-state index in [1.165, 1.54) is 0 Å². The molecule has 2 atom stereocenters. The summed E-state index contributed by atoms with van der Waals surface area (Å²) in [7, 11) is 0.